The molecule has 0 spiro atoms. The Hall–Kier alpha value is -13.6. The summed E-state index contributed by atoms with van der Waals surface area (Å²) >= 11 is 4.62. The molecule has 0 atom stereocenters. The van der Waals surface area contributed by atoms with Gasteiger partial charge in [-0.15, -0.1) is 4.73 Å². The minimum Gasteiger partial charge on any atom is -0.493 e. The van der Waals surface area contributed by atoms with E-state index in [1.165, 1.54) is 37.4 Å². The molecule has 2 N–H and O–H groups in total. The van der Waals surface area contributed by atoms with Crippen LogP contribution in [-0.2, 0) is 51.2 Å². The van der Waals surface area contributed by atoms with E-state index < -0.39 is 34.0 Å². The first-order chi connectivity index (χ1) is 68.5. The fourth-order valence-electron chi connectivity index (χ4n) is 17.8. The molecule has 0 fully saturated rings. The Morgan fingerprint density at radius 3 is 1.06 bits per heavy atom. The molecule has 0 bridgehead atoms. The maximum atomic E-state index is 8.87. The number of nitrogens with zero attached hydrogens (tertiary/aromatic N) is 8. The van der Waals surface area contributed by atoms with Crippen molar-refractivity contribution in [1.29, 1.82) is 0 Å². The van der Waals surface area contributed by atoms with Gasteiger partial charge in [0.1, 0.15) is 28.2 Å². The van der Waals surface area contributed by atoms with Crippen LogP contribution in [0, 0.1) is 0 Å². The molecule has 2 aliphatic rings. The fraction of sp³-hybridized carbons (Fsp3) is 0.0756. The molecule has 0 radical (unpaired) electrons. The van der Waals surface area contributed by atoms with Gasteiger partial charge in [-0.05, 0) is 162 Å². The average molecular weight is 2100 g/mol. The van der Waals surface area contributed by atoms with E-state index in [0.29, 0.717) is 24.3 Å². The molecule has 0 saturated heterocycles. The van der Waals surface area contributed by atoms with Crippen LogP contribution in [0.1, 0.15) is 59.4 Å². The Labute approximate surface area is 855 Å². The molecule has 704 valence electrons. The number of halogens is 3. The van der Waals surface area contributed by atoms with E-state index in [2.05, 4.69) is 423 Å². The minimum absolute atomic E-state index is 0. The van der Waals surface area contributed by atoms with Crippen molar-refractivity contribution in [2.24, 2.45) is 7.05 Å². The zero-order valence-electron chi connectivity index (χ0n) is 75.5. The number of aromatic nitrogens is 8. The molecule has 8 heterocycles. The largest absolute Gasteiger partial charge is 0.493 e. The van der Waals surface area contributed by atoms with Gasteiger partial charge in [-0.1, -0.05) is 420 Å². The SMILES string of the molecule is C.C.Cn1cc(-c2cnn(C(c3ccccc3)(c3ccccc3)c3ccccc3)c2)c2cc(Br)cnc21.OB(O)c1ccc2c(c1)CCO2.[Cl][Pd][Cl].c1ccc(P(c2ccccc2)c2ccccc2)cc1.c1ccc(P(c2ccccc2)c2ccccc2)cc1.c1ccc(SOOn2cc(-c3cnn(C(c4ccccc4)(c4ccccc4)c4ccccc4)c3)c3cc(-c4ccc5c(c4)CCO5)cnc32)cc1. The number of pyridine rings is 2. The van der Waals surface area contributed by atoms with E-state index in [4.69, 9.17) is 63.1 Å². The monoisotopic (exact) mass is 2100 g/mol. The van der Waals surface area contributed by atoms with Gasteiger partial charge in [0.25, 0.3) is 0 Å². The first-order valence-electron chi connectivity index (χ1n) is 45.3. The Balaban J connectivity index is 0.000000137. The summed E-state index contributed by atoms with van der Waals surface area (Å²) < 4.78 is 25.5. The van der Waals surface area contributed by atoms with Crippen LogP contribution in [0.15, 0.2) is 502 Å². The molecule has 21 aromatic rings. The summed E-state index contributed by atoms with van der Waals surface area (Å²) in [6.07, 6.45) is 17.7. The molecular formula is C119H102BBrCl2N8O6P2PdS. The molecule has 0 aliphatic carbocycles. The van der Waals surface area contributed by atoms with Gasteiger partial charge in [0.2, 0.25) is 0 Å². The van der Waals surface area contributed by atoms with E-state index in [-0.39, 0.29) is 30.8 Å². The minimum atomic E-state index is -1.38. The molecule has 6 aromatic heterocycles. The molecule has 22 heteroatoms. The number of aryl methyl sites for hydroxylation is 1. The van der Waals surface area contributed by atoms with Crippen molar-refractivity contribution in [2.45, 2.75) is 43.7 Å². The quantitative estimate of drug-likeness (QED) is 0.0167. The topological polar surface area (TPSA) is 149 Å². The third-order valence-electron chi connectivity index (χ3n) is 24.1. The normalized spacial score (nSPS) is 11.6. The van der Waals surface area contributed by atoms with Gasteiger partial charge in [0.05, 0.1) is 43.8 Å². The summed E-state index contributed by atoms with van der Waals surface area (Å²) in [6, 6.07) is 154. The van der Waals surface area contributed by atoms with Gasteiger partial charge in [-0.3, -0.25) is 9.36 Å². The van der Waals surface area contributed by atoms with E-state index in [1.54, 1.807) is 22.9 Å². The zero-order chi connectivity index (χ0) is 95.0. The van der Waals surface area contributed by atoms with Gasteiger partial charge in [-0.25, -0.2) is 15.0 Å². The summed E-state index contributed by atoms with van der Waals surface area (Å²) in [6.45, 7) is 1.40. The van der Waals surface area contributed by atoms with Crippen molar-refractivity contribution in [3.63, 3.8) is 0 Å². The Kier molecular flexibility index (Phi) is 34.9. The van der Waals surface area contributed by atoms with Crippen molar-refractivity contribution < 1.29 is 44.8 Å². The van der Waals surface area contributed by atoms with Gasteiger partial charge in [-0.2, -0.15) is 10.2 Å². The fourth-order valence-corrected chi connectivity index (χ4v) is 23.2. The van der Waals surface area contributed by atoms with Crippen LogP contribution in [0.3, 0.4) is 0 Å². The Morgan fingerprint density at radius 2 is 0.695 bits per heavy atom. The molecule has 0 unspecified atom stereocenters. The first kappa shape index (κ1) is 100. The van der Waals surface area contributed by atoms with Crippen molar-refractivity contribution in [3.05, 3.63) is 541 Å². The third-order valence-corrected chi connectivity index (χ3v) is 30.0. The van der Waals surface area contributed by atoms with Crippen molar-refractivity contribution in [1.82, 2.24) is 38.8 Å². The second kappa shape index (κ2) is 49.0. The Bertz CT molecular complexity index is 6990. The summed E-state index contributed by atoms with van der Waals surface area (Å²) in [7, 11) is 9.38. The van der Waals surface area contributed by atoms with Gasteiger partial charge in [0.15, 0.2) is 5.65 Å². The number of hydrogen-bond donors (Lipinski definition) is 2. The van der Waals surface area contributed by atoms with Crippen LogP contribution in [0.25, 0.3) is 55.4 Å². The summed E-state index contributed by atoms with van der Waals surface area (Å²) in [5, 5.41) is 38.3. The van der Waals surface area contributed by atoms with Crippen LogP contribution < -0.4 is 51.8 Å². The van der Waals surface area contributed by atoms with Crippen LogP contribution in [0.4, 0.5) is 0 Å². The molecular weight excluding hydrogens is 2000 g/mol. The second-order valence-corrected chi connectivity index (χ2v) is 41.1. The predicted octanol–water partition coefficient (Wildman–Crippen LogP) is 25.3. The number of ether oxygens (including phenoxy) is 2. The van der Waals surface area contributed by atoms with Crippen molar-refractivity contribution >= 4 is 129 Å². The molecule has 0 saturated carbocycles. The van der Waals surface area contributed by atoms with Crippen LogP contribution in [0.2, 0.25) is 0 Å². The molecule has 14 nitrogen and oxygen atoms in total. The molecule has 2 aliphatic heterocycles. The van der Waals surface area contributed by atoms with E-state index in [9.17, 15) is 0 Å². The van der Waals surface area contributed by atoms with Crippen LogP contribution in [0.5, 0.6) is 11.5 Å². The Morgan fingerprint density at radius 1 is 0.369 bits per heavy atom. The van der Waals surface area contributed by atoms with Crippen molar-refractivity contribution in [2.75, 3.05) is 13.2 Å². The zero-order valence-corrected chi connectivity index (χ0v) is 82.8. The summed E-state index contributed by atoms with van der Waals surface area (Å²) in [4.78, 5) is 16.3. The van der Waals surface area contributed by atoms with E-state index in [1.807, 2.05) is 92.6 Å². The average Bonchev–Trinajstić information content (AvgIpc) is 1.69. The van der Waals surface area contributed by atoms with E-state index in [0.717, 1.165) is 134 Å². The standard InChI is InChI=1S/C43H32N4O3S.C30H23BrN4.2C18H15P.C8H9BO3.2CH4.2ClH.Pd/c1-5-13-35(14-6-1)43(36-15-7-2-8-16-36,37-17-9-3-10-18-37)47-29-34(28-45-47)40-30-46(49-50-51-38-19-11-4-12-20-38)42-39(40)26-33(27-44-42)31-21-22-41-32(25-31)23-24-48-41;1-34-21-28(27-17-26(31)19-32-29(27)34)22-18-33-35(20-22)30(23-11-5-2-6-12-23,24-13-7-3-8-14-24)25-15-9-4-10-16-25;2*1-4-10-16(11-5-1)19(17-12-6-2-7-13-17)18-14-8-3-9-15-18;10-9(11)7-1-2-8-6(5-7)3-4-12-8;;;;;/h1-22,25-30H,23-24H2;2-21H,1H3;2*1-15H;1-2,5,10-11H,3-4H2;2*1H4;2*1H;/q;;;;;;;;;+2/p-2. The summed E-state index contributed by atoms with van der Waals surface area (Å²) in [5.74, 6) is 1.81. The van der Waals surface area contributed by atoms with E-state index >= 15 is 0 Å². The maximum Gasteiger partial charge on any atom is 0.179 e. The molecule has 23 rings (SSSR count). The first-order valence-corrected chi connectivity index (χ1v) is 53.5. The van der Waals surface area contributed by atoms with Crippen LogP contribution in [-0.4, -0.2) is 69.2 Å². The molecule has 15 aromatic carbocycles. The number of hydrogen-bond acceptors (Lipinski definition) is 11. The van der Waals surface area contributed by atoms with Crippen LogP contribution >= 0.6 is 62.9 Å². The number of fused-ring (bicyclic) bond motifs is 4. The summed E-state index contributed by atoms with van der Waals surface area (Å²) in [5.41, 5.74) is 15.7. The molecule has 0 amide bonds. The van der Waals surface area contributed by atoms with Gasteiger partial charge in [0, 0.05) is 98.8 Å². The second-order valence-electron chi connectivity index (χ2n) is 32.6. The smallest absolute Gasteiger partial charge is 0.179 e. The molecule has 141 heavy (non-hydrogen) atoms. The number of rotatable bonds is 22. The number of benzene rings is 15. The maximum absolute atomic E-state index is 8.87. The predicted molar refractivity (Wildman–Crippen MR) is 585 cm³/mol. The van der Waals surface area contributed by atoms with Gasteiger partial charge < -0.3 is 24.1 Å². The third kappa shape index (κ3) is 23.2. The van der Waals surface area contributed by atoms with Gasteiger partial charge >= 0.3 is 42.1 Å². The van der Waals surface area contributed by atoms with Crippen molar-refractivity contribution in [3.8, 4) is 44.9 Å².